The fourth-order valence-electron chi connectivity index (χ4n) is 1.72. The van der Waals surface area contributed by atoms with Gasteiger partial charge in [-0.3, -0.25) is 19.2 Å². The van der Waals surface area contributed by atoms with Crippen molar-refractivity contribution in [3.63, 3.8) is 0 Å². The fourth-order valence-corrected chi connectivity index (χ4v) is 6.77. The molecule has 0 aromatic carbocycles. The number of urea groups is 1. The molecule has 0 saturated heterocycles. The van der Waals surface area contributed by atoms with Crippen molar-refractivity contribution in [3.05, 3.63) is 0 Å². The summed E-state index contributed by atoms with van der Waals surface area (Å²) in [5.74, 6) is -1.21. The van der Waals surface area contributed by atoms with Crippen LogP contribution in [-0.2, 0) is 32.0 Å². The quantitative estimate of drug-likeness (QED) is 0.523. The first-order chi connectivity index (χ1) is 10.7. The van der Waals surface area contributed by atoms with Crippen molar-refractivity contribution in [2.75, 3.05) is 26.4 Å². The van der Waals surface area contributed by atoms with Crippen molar-refractivity contribution in [2.24, 2.45) is 5.73 Å². The van der Waals surface area contributed by atoms with Crippen LogP contribution in [0.25, 0.3) is 0 Å². The third-order valence-electron chi connectivity index (χ3n) is 2.32. The first kappa shape index (κ1) is 22.2. The molecule has 0 aromatic heterocycles. The Morgan fingerprint density at radius 3 is 1.39 bits per heavy atom. The maximum atomic E-state index is 12.9. The third kappa shape index (κ3) is 6.33. The number of hydrogen-bond acceptors (Lipinski definition) is 8. The Bertz CT molecular complexity index is 448. The van der Waals surface area contributed by atoms with E-state index in [1.165, 1.54) is 27.7 Å². The summed E-state index contributed by atoms with van der Waals surface area (Å²) in [6, 6.07) is -1.21. The second-order valence-corrected chi connectivity index (χ2v) is 8.61. The molecule has 0 aliphatic heterocycles. The largest absolute Gasteiger partial charge is 0.355 e. The molecular formula is C11H24N2O8P2. The van der Waals surface area contributed by atoms with Crippen LogP contribution in [0.15, 0.2) is 0 Å². The molecular weight excluding hydrogens is 350 g/mol. The lowest BCUT2D eigenvalue weighted by molar-refractivity contribution is -0.118. The number of carbonyl (C=O) groups excluding carboxylic acids is 2. The summed E-state index contributed by atoms with van der Waals surface area (Å²) in [6.45, 7) is 5.71. The Labute approximate surface area is 135 Å². The SMILES string of the molecule is CCOP(=O)(OCC)C(C(=O)NC(N)=O)P(=O)(OCC)OCC. The van der Waals surface area contributed by atoms with Gasteiger partial charge in [0.2, 0.25) is 5.40 Å². The average Bonchev–Trinajstić information content (AvgIpc) is 2.38. The van der Waals surface area contributed by atoms with Gasteiger partial charge in [-0.2, -0.15) is 0 Å². The van der Waals surface area contributed by atoms with Crippen molar-refractivity contribution in [1.82, 2.24) is 5.32 Å². The molecule has 23 heavy (non-hydrogen) atoms. The molecule has 0 aliphatic rings. The third-order valence-corrected chi connectivity index (χ3v) is 8.15. The zero-order valence-corrected chi connectivity index (χ0v) is 15.4. The van der Waals surface area contributed by atoms with Gasteiger partial charge in [-0.05, 0) is 27.7 Å². The minimum absolute atomic E-state index is 0.0874. The van der Waals surface area contributed by atoms with E-state index in [0.29, 0.717) is 0 Å². The fraction of sp³-hybridized carbons (Fsp3) is 0.818. The van der Waals surface area contributed by atoms with Crippen LogP contribution in [0, 0.1) is 0 Å². The van der Waals surface area contributed by atoms with Gasteiger partial charge < -0.3 is 23.8 Å². The van der Waals surface area contributed by atoms with E-state index in [9.17, 15) is 18.7 Å². The molecule has 0 spiro atoms. The summed E-state index contributed by atoms with van der Waals surface area (Å²) >= 11 is 0. The van der Waals surface area contributed by atoms with Gasteiger partial charge in [0.15, 0.2) is 0 Å². The van der Waals surface area contributed by atoms with Crippen LogP contribution >= 0.6 is 15.2 Å². The van der Waals surface area contributed by atoms with Crippen molar-refractivity contribution in [1.29, 1.82) is 0 Å². The van der Waals surface area contributed by atoms with Gasteiger partial charge in [0, 0.05) is 0 Å². The molecule has 136 valence electrons. The maximum absolute atomic E-state index is 12.9. The number of carbonyl (C=O) groups is 2. The van der Waals surface area contributed by atoms with Gasteiger partial charge in [-0.25, -0.2) is 4.79 Å². The van der Waals surface area contributed by atoms with E-state index in [-0.39, 0.29) is 26.4 Å². The Balaban J connectivity index is 6.04. The molecule has 0 fully saturated rings. The molecule has 0 atom stereocenters. The molecule has 0 bridgehead atoms. The van der Waals surface area contributed by atoms with Gasteiger partial charge in [-0.1, -0.05) is 0 Å². The van der Waals surface area contributed by atoms with E-state index in [1.54, 1.807) is 5.32 Å². The molecule has 10 nitrogen and oxygen atoms in total. The number of primary amides is 1. The van der Waals surface area contributed by atoms with E-state index in [1.807, 2.05) is 0 Å². The van der Waals surface area contributed by atoms with Crippen molar-refractivity contribution >= 4 is 27.1 Å². The van der Waals surface area contributed by atoms with Crippen LogP contribution in [0.5, 0.6) is 0 Å². The topological polar surface area (TPSA) is 143 Å². The lowest BCUT2D eigenvalue weighted by Gasteiger charge is -2.29. The van der Waals surface area contributed by atoms with Crippen LogP contribution in [0.4, 0.5) is 4.79 Å². The molecule has 0 aliphatic carbocycles. The molecule has 0 rings (SSSR count). The zero-order chi connectivity index (χ0) is 18.1. The summed E-state index contributed by atoms with van der Waals surface area (Å²) in [4.78, 5) is 23.2. The number of hydrogen-bond donors (Lipinski definition) is 2. The van der Waals surface area contributed by atoms with E-state index in [0.717, 1.165) is 0 Å². The van der Waals surface area contributed by atoms with Gasteiger partial charge in [0.25, 0.3) is 5.91 Å². The predicted octanol–water partition coefficient (Wildman–Crippen LogP) is 2.04. The van der Waals surface area contributed by atoms with Crippen molar-refractivity contribution < 1.29 is 36.8 Å². The molecule has 0 radical (unpaired) electrons. The monoisotopic (exact) mass is 374 g/mol. The predicted molar refractivity (Wildman–Crippen MR) is 83.2 cm³/mol. The van der Waals surface area contributed by atoms with E-state index >= 15 is 0 Å². The van der Waals surface area contributed by atoms with E-state index in [2.05, 4.69) is 0 Å². The van der Waals surface area contributed by atoms with Crippen LogP contribution in [0.2, 0.25) is 0 Å². The number of nitrogens with one attached hydrogen (secondary N) is 1. The second-order valence-electron chi connectivity index (χ2n) is 3.98. The summed E-state index contributed by atoms with van der Waals surface area (Å²) < 4.78 is 46.1. The molecule has 3 N–H and O–H groups in total. The highest BCUT2D eigenvalue weighted by Gasteiger charge is 2.56. The van der Waals surface area contributed by atoms with Crippen molar-refractivity contribution in [3.8, 4) is 0 Å². The molecule has 12 heteroatoms. The Kier molecular flexibility index (Phi) is 9.84. The minimum Gasteiger partial charge on any atom is -0.351 e. The first-order valence-corrected chi connectivity index (χ1v) is 10.3. The Morgan fingerprint density at radius 1 is 0.870 bits per heavy atom. The summed E-state index contributed by atoms with van der Waals surface area (Å²) in [5, 5.41) is -0.247. The second kappa shape index (κ2) is 10.2. The van der Waals surface area contributed by atoms with Crippen molar-refractivity contribution in [2.45, 2.75) is 33.1 Å². The zero-order valence-electron chi connectivity index (χ0n) is 13.6. The summed E-state index contributed by atoms with van der Waals surface area (Å²) in [6.07, 6.45) is 0. The number of nitrogens with two attached hydrogens (primary N) is 1. The van der Waals surface area contributed by atoms with E-state index in [4.69, 9.17) is 23.8 Å². The van der Waals surface area contributed by atoms with Crippen LogP contribution in [0.1, 0.15) is 27.7 Å². The normalized spacial score (nSPS) is 12.4. The molecule has 0 heterocycles. The summed E-state index contributed by atoms with van der Waals surface area (Å²) in [5.41, 5.74) is 4.90. The highest BCUT2D eigenvalue weighted by molar-refractivity contribution is 7.74. The first-order valence-electron chi connectivity index (χ1n) is 7.08. The highest BCUT2D eigenvalue weighted by Crippen LogP contribution is 2.70. The lowest BCUT2D eigenvalue weighted by Crippen LogP contribution is -2.42. The summed E-state index contributed by atoms with van der Waals surface area (Å²) in [7, 11) is -8.51. The van der Waals surface area contributed by atoms with Gasteiger partial charge in [0.1, 0.15) is 0 Å². The van der Waals surface area contributed by atoms with E-state index < -0.39 is 32.5 Å². The van der Waals surface area contributed by atoms with Crippen LogP contribution in [0.3, 0.4) is 0 Å². The number of amides is 3. The number of rotatable bonds is 11. The molecule has 0 unspecified atom stereocenters. The van der Waals surface area contributed by atoms with Gasteiger partial charge in [-0.15, -0.1) is 0 Å². The van der Waals surface area contributed by atoms with Crippen LogP contribution < -0.4 is 11.1 Å². The van der Waals surface area contributed by atoms with Gasteiger partial charge >= 0.3 is 21.2 Å². The molecule has 0 saturated carbocycles. The average molecular weight is 374 g/mol. The minimum atomic E-state index is -4.26. The molecule has 3 amide bonds. The standard InChI is InChI=1S/C11H24N2O8P2/c1-5-18-22(16,19-6-2)10(9(14)13-11(12)15)23(17,20-7-3)21-8-4/h10H,5-8H2,1-4H3,(H3,12,13,14,15). The maximum Gasteiger partial charge on any atom is 0.355 e. The van der Waals surface area contributed by atoms with Gasteiger partial charge in [0.05, 0.1) is 26.4 Å². The Hall–Kier alpha value is -0.760. The number of imide groups is 1. The van der Waals surface area contributed by atoms with Crippen LogP contribution in [-0.4, -0.2) is 43.8 Å². The molecule has 0 aromatic rings. The smallest absolute Gasteiger partial charge is 0.351 e. The highest BCUT2D eigenvalue weighted by atomic mass is 31.2. The Morgan fingerprint density at radius 2 is 1.17 bits per heavy atom. The lowest BCUT2D eigenvalue weighted by atomic mass is 10.7.